The number of fused-ring (bicyclic) bond motifs is 1. The summed E-state index contributed by atoms with van der Waals surface area (Å²) in [5.41, 5.74) is 3.15. The first-order valence-corrected chi connectivity index (χ1v) is 10.7. The van der Waals surface area contributed by atoms with Gasteiger partial charge in [0.05, 0.1) is 12.6 Å². The van der Waals surface area contributed by atoms with Crippen LogP contribution < -0.4 is 4.74 Å². The van der Waals surface area contributed by atoms with E-state index in [1.54, 1.807) is 36.1 Å². The topological polar surface area (TPSA) is 119 Å². The summed E-state index contributed by atoms with van der Waals surface area (Å²) < 4.78 is 5.54. The molecule has 32 heavy (non-hydrogen) atoms. The molecule has 0 saturated carbocycles. The van der Waals surface area contributed by atoms with E-state index in [-0.39, 0.29) is 24.0 Å². The first kappa shape index (κ1) is 22.0. The Balaban J connectivity index is 1.90. The van der Waals surface area contributed by atoms with Crippen LogP contribution in [0, 0.1) is 6.92 Å². The van der Waals surface area contributed by atoms with E-state index in [4.69, 9.17) is 16.3 Å². The molecule has 4 N–H and O–H groups in total. The molecule has 4 rings (SSSR count). The number of benzene rings is 2. The minimum absolute atomic E-state index is 0.00178. The Bertz CT molecular complexity index is 1180. The van der Waals surface area contributed by atoms with Crippen molar-refractivity contribution in [2.24, 2.45) is 0 Å². The van der Waals surface area contributed by atoms with Gasteiger partial charge >= 0.3 is 0 Å². The maximum absolute atomic E-state index is 13.2. The zero-order chi connectivity index (χ0) is 23.0. The number of phenols is 2. The maximum atomic E-state index is 13.2. The number of ether oxygens (including phenoxy) is 1. The van der Waals surface area contributed by atoms with E-state index < -0.39 is 6.04 Å². The molecule has 1 aliphatic heterocycles. The van der Waals surface area contributed by atoms with Gasteiger partial charge in [-0.15, -0.1) is 0 Å². The number of nitrogens with zero attached hydrogens (tertiary/aromatic N) is 2. The van der Waals surface area contributed by atoms with Gasteiger partial charge in [-0.3, -0.25) is 9.89 Å². The summed E-state index contributed by atoms with van der Waals surface area (Å²) in [5.74, 6) is 0.0413. The number of H-pyrrole nitrogens is 1. The van der Waals surface area contributed by atoms with Gasteiger partial charge in [0.2, 0.25) is 0 Å². The highest BCUT2D eigenvalue weighted by molar-refractivity contribution is 6.31. The van der Waals surface area contributed by atoms with Crippen LogP contribution in [0.15, 0.2) is 30.3 Å². The molecule has 0 radical (unpaired) electrons. The molecule has 8 nitrogen and oxygen atoms in total. The van der Waals surface area contributed by atoms with Crippen molar-refractivity contribution in [1.29, 1.82) is 0 Å². The number of aromatic nitrogens is 2. The number of nitrogens with one attached hydrogen (secondary N) is 1. The number of carbonyl (C=O) groups excluding carboxylic acids is 1. The molecular weight excluding hydrogens is 434 g/mol. The van der Waals surface area contributed by atoms with Crippen molar-refractivity contribution in [2.45, 2.75) is 26.3 Å². The molecule has 3 aromatic rings. The van der Waals surface area contributed by atoms with Crippen LogP contribution in [0.3, 0.4) is 0 Å². The van der Waals surface area contributed by atoms with Crippen LogP contribution in [0.5, 0.6) is 17.2 Å². The Kier molecular flexibility index (Phi) is 5.99. The summed E-state index contributed by atoms with van der Waals surface area (Å²) in [7, 11) is 0. The number of aromatic amines is 1. The highest BCUT2D eigenvalue weighted by Gasteiger charge is 2.42. The number of aryl methyl sites for hydroxylation is 1. The minimum Gasteiger partial charge on any atom is -0.507 e. The monoisotopic (exact) mass is 457 g/mol. The van der Waals surface area contributed by atoms with Crippen LogP contribution in [0.1, 0.15) is 46.6 Å². The van der Waals surface area contributed by atoms with Crippen molar-refractivity contribution < 1.29 is 24.9 Å². The van der Waals surface area contributed by atoms with Gasteiger partial charge in [0.1, 0.15) is 17.1 Å². The molecule has 1 aromatic heterocycles. The van der Waals surface area contributed by atoms with Gasteiger partial charge in [0.25, 0.3) is 5.91 Å². The van der Waals surface area contributed by atoms with Crippen LogP contribution in [0.25, 0.3) is 11.3 Å². The summed E-state index contributed by atoms with van der Waals surface area (Å²) in [6.07, 6.45) is 0.396. The zero-order valence-corrected chi connectivity index (χ0v) is 18.5. The van der Waals surface area contributed by atoms with Gasteiger partial charge in [-0.2, -0.15) is 5.10 Å². The molecule has 9 heteroatoms. The maximum Gasteiger partial charge on any atom is 0.273 e. The molecule has 1 atom stereocenters. The molecule has 1 unspecified atom stereocenters. The average Bonchev–Trinajstić information content (AvgIpc) is 3.30. The van der Waals surface area contributed by atoms with E-state index in [0.29, 0.717) is 58.4 Å². The number of aromatic hydroxyl groups is 2. The summed E-state index contributed by atoms with van der Waals surface area (Å²) in [6, 6.07) is 7.56. The van der Waals surface area contributed by atoms with Crippen LogP contribution in [-0.4, -0.2) is 56.1 Å². The fourth-order valence-electron chi connectivity index (χ4n) is 4.05. The van der Waals surface area contributed by atoms with Crippen molar-refractivity contribution in [2.75, 3.05) is 19.8 Å². The summed E-state index contributed by atoms with van der Waals surface area (Å²) in [6.45, 7) is 4.22. The van der Waals surface area contributed by atoms with Crippen LogP contribution in [0.4, 0.5) is 0 Å². The third kappa shape index (κ3) is 3.65. The minimum atomic E-state index is -0.558. The lowest BCUT2D eigenvalue weighted by atomic mass is 9.95. The summed E-state index contributed by atoms with van der Waals surface area (Å²) in [5, 5.41) is 37.7. The van der Waals surface area contributed by atoms with Crippen molar-refractivity contribution in [3.63, 3.8) is 0 Å². The second-order valence-corrected chi connectivity index (χ2v) is 8.03. The van der Waals surface area contributed by atoms with Gasteiger partial charge in [-0.25, -0.2) is 0 Å². The predicted octanol–water partition coefficient (Wildman–Crippen LogP) is 3.78. The fraction of sp³-hybridized carbons (Fsp3) is 0.304. The molecule has 0 spiro atoms. The molecule has 0 saturated heterocycles. The molecule has 0 bridgehead atoms. The van der Waals surface area contributed by atoms with Crippen LogP contribution in [0.2, 0.25) is 5.02 Å². The van der Waals surface area contributed by atoms with Gasteiger partial charge in [-0.05, 0) is 55.7 Å². The molecule has 0 fully saturated rings. The lowest BCUT2D eigenvalue weighted by Crippen LogP contribution is -2.31. The van der Waals surface area contributed by atoms with E-state index in [1.165, 1.54) is 6.07 Å². The van der Waals surface area contributed by atoms with E-state index in [0.717, 1.165) is 5.56 Å². The lowest BCUT2D eigenvalue weighted by Gasteiger charge is -2.26. The van der Waals surface area contributed by atoms with E-state index >= 15 is 0 Å². The number of phenolic OH excluding ortho intramolecular Hbond substituents is 2. The third-order valence-electron chi connectivity index (χ3n) is 5.55. The SMILES string of the molecule is CCOc1cc(C2c3c(-c4cc(Cl)c(C)cc4O)n[nH]c3C(=O)N2CCCO)ccc1O. The number of aliphatic hydroxyl groups excluding tert-OH is 1. The molecular formula is C23H24ClN3O5. The number of hydrogen-bond donors (Lipinski definition) is 4. The smallest absolute Gasteiger partial charge is 0.273 e. The molecule has 1 amide bonds. The van der Waals surface area contributed by atoms with Gasteiger partial charge in [-0.1, -0.05) is 17.7 Å². The number of carbonyl (C=O) groups is 1. The second kappa shape index (κ2) is 8.72. The quantitative estimate of drug-likeness (QED) is 0.428. The zero-order valence-electron chi connectivity index (χ0n) is 17.7. The van der Waals surface area contributed by atoms with Gasteiger partial charge in [0.15, 0.2) is 11.5 Å². The Morgan fingerprint density at radius 1 is 1.22 bits per heavy atom. The highest BCUT2D eigenvalue weighted by Crippen LogP contribution is 2.46. The van der Waals surface area contributed by atoms with E-state index in [9.17, 15) is 20.1 Å². The third-order valence-corrected chi connectivity index (χ3v) is 5.96. The standard InChI is InChI=1S/C23H24ClN3O5/c1-3-32-18-10-13(5-6-16(18)29)22-19-20(14-11-15(24)12(2)9-17(14)30)25-26-21(19)23(31)27(22)7-4-8-28/h5-6,9-11,22,28-30H,3-4,7-8H2,1-2H3,(H,25,26). The number of halogens is 1. The predicted molar refractivity (Wildman–Crippen MR) is 119 cm³/mol. The Morgan fingerprint density at radius 3 is 2.72 bits per heavy atom. The number of hydrogen-bond acceptors (Lipinski definition) is 6. The van der Waals surface area contributed by atoms with Crippen molar-refractivity contribution >= 4 is 17.5 Å². The lowest BCUT2D eigenvalue weighted by molar-refractivity contribution is 0.0732. The van der Waals surface area contributed by atoms with Gasteiger partial charge < -0.3 is 25.0 Å². The normalized spacial score (nSPS) is 15.3. The number of aliphatic hydroxyl groups is 1. The molecule has 1 aliphatic rings. The first-order chi connectivity index (χ1) is 15.4. The largest absolute Gasteiger partial charge is 0.507 e. The van der Waals surface area contributed by atoms with Crippen LogP contribution >= 0.6 is 11.6 Å². The average molecular weight is 458 g/mol. The van der Waals surface area contributed by atoms with Crippen molar-refractivity contribution in [1.82, 2.24) is 15.1 Å². The van der Waals surface area contributed by atoms with Crippen molar-refractivity contribution in [3.05, 3.63) is 57.7 Å². The Morgan fingerprint density at radius 2 is 2.00 bits per heavy atom. The fourth-order valence-corrected chi connectivity index (χ4v) is 4.21. The van der Waals surface area contributed by atoms with Gasteiger partial charge in [0, 0.05) is 29.3 Å². The second-order valence-electron chi connectivity index (χ2n) is 7.62. The molecule has 168 valence electrons. The Labute approximate surface area is 190 Å². The first-order valence-electron chi connectivity index (χ1n) is 10.3. The van der Waals surface area contributed by atoms with Crippen molar-refractivity contribution in [3.8, 4) is 28.5 Å². The molecule has 2 aromatic carbocycles. The van der Waals surface area contributed by atoms with E-state index in [2.05, 4.69) is 10.2 Å². The molecule has 0 aliphatic carbocycles. The summed E-state index contributed by atoms with van der Waals surface area (Å²) in [4.78, 5) is 14.9. The van der Waals surface area contributed by atoms with E-state index in [1.807, 2.05) is 6.92 Å². The highest BCUT2D eigenvalue weighted by atomic mass is 35.5. The summed E-state index contributed by atoms with van der Waals surface area (Å²) >= 11 is 6.31. The Hall–Kier alpha value is -3.23. The molecule has 2 heterocycles. The van der Waals surface area contributed by atoms with Crippen LogP contribution in [-0.2, 0) is 0 Å². The number of amides is 1. The number of rotatable bonds is 7.